The maximum Gasteiger partial charge on any atom is 0.133 e. The highest BCUT2D eigenvalue weighted by atomic mass is 79.9. The van der Waals surface area contributed by atoms with Gasteiger partial charge in [-0.25, -0.2) is 0 Å². The smallest absolute Gasteiger partial charge is 0.133 e. The predicted molar refractivity (Wildman–Crippen MR) is 73.4 cm³/mol. The van der Waals surface area contributed by atoms with Crippen LogP contribution in [0.15, 0.2) is 22.7 Å². The maximum absolute atomic E-state index is 9.77. The fourth-order valence-corrected chi connectivity index (χ4v) is 2.26. The Morgan fingerprint density at radius 2 is 2.06 bits per heavy atom. The van der Waals surface area contributed by atoms with Crippen LogP contribution in [0.2, 0.25) is 0 Å². The van der Waals surface area contributed by atoms with Crippen molar-refractivity contribution in [3.63, 3.8) is 0 Å². The van der Waals surface area contributed by atoms with Crippen LogP contribution in [0.4, 0.5) is 0 Å². The van der Waals surface area contributed by atoms with Crippen molar-refractivity contribution in [1.29, 1.82) is 0 Å². The number of nitrogens with two attached hydrogens (primary N) is 1. The lowest BCUT2D eigenvalue weighted by Crippen LogP contribution is -2.32. The molecule has 0 aliphatic rings. The topological polar surface area (TPSA) is 55.5 Å². The van der Waals surface area contributed by atoms with Gasteiger partial charge in [-0.15, -0.1) is 0 Å². The van der Waals surface area contributed by atoms with Crippen molar-refractivity contribution in [3.05, 3.63) is 28.2 Å². The molecule has 3 unspecified atom stereocenters. The monoisotopic (exact) mass is 301 g/mol. The Kier molecular flexibility index (Phi) is 5.43. The molecule has 1 rings (SSSR count). The van der Waals surface area contributed by atoms with E-state index in [0.717, 1.165) is 15.8 Å². The molecule has 3 nitrogen and oxygen atoms in total. The van der Waals surface area contributed by atoms with Crippen LogP contribution in [-0.4, -0.2) is 24.4 Å². The van der Waals surface area contributed by atoms with Gasteiger partial charge in [0.05, 0.1) is 17.7 Å². The normalized spacial score (nSPS) is 16.4. The van der Waals surface area contributed by atoms with Crippen LogP contribution in [0.1, 0.15) is 31.7 Å². The molecule has 1 aromatic rings. The standard InChI is InChI=1S/C13H20BrNO2/c1-8(6-12(16)9(2)15)10-4-5-13(17-3)11(14)7-10/h4-5,7-9,12,16H,6,15H2,1-3H3. The van der Waals surface area contributed by atoms with E-state index in [4.69, 9.17) is 10.5 Å². The summed E-state index contributed by atoms with van der Waals surface area (Å²) in [5.41, 5.74) is 6.82. The highest BCUT2D eigenvalue weighted by molar-refractivity contribution is 9.10. The molecule has 0 saturated heterocycles. The Bertz CT molecular complexity index is 368. The summed E-state index contributed by atoms with van der Waals surface area (Å²) in [4.78, 5) is 0. The van der Waals surface area contributed by atoms with Crippen LogP contribution in [0.3, 0.4) is 0 Å². The lowest BCUT2D eigenvalue weighted by Gasteiger charge is -2.20. The molecule has 3 N–H and O–H groups in total. The molecule has 0 heterocycles. The van der Waals surface area contributed by atoms with Crippen molar-refractivity contribution in [2.75, 3.05) is 7.11 Å². The van der Waals surface area contributed by atoms with Gasteiger partial charge in [0.2, 0.25) is 0 Å². The second-order valence-corrected chi connectivity index (χ2v) is 5.31. The first kappa shape index (κ1) is 14.5. The largest absolute Gasteiger partial charge is 0.496 e. The highest BCUT2D eigenvalue weighted by Crippen LogP contribution is 2.30. The number of aliphatic hydroxyl groups excluding tert-OH is 1. The summed E-state index contributed by atoms with van der Waals surface area (Å²) < 4.78 is 6.11. The van der Waals surface area contributed by atoms with E-state index in [0.29, 0.717) is 6.42 Å². The van der Waals surface area contributed by atoms with Crippen LogP contribution < -0.4 is 10.5 Å². The molecule has 0 bridgehead atoms. The minimum atomic E-state index is -0.467. The molecule has 0 spiro atoms. The van der Waals surface area contributed by atoms with Gasteiger partial charge in [-0.1, -0.05) is 13.0 Å². The molecule has 96 valence electrons. The summed E-state index contributed by atoms with van der Waals surface area (Å²) in [5.74, 6) is 1.08. The fourth-order valence-electron chi connectivity index (χ4n) is 1.70. The van der Waals surface area contributed by atoms with Crippen molar-refractivity contribution in [2.45, 2.75) is 38.3 Å². The average Bonchev–Trinajstić information content (AvgIpc) is 2.28. The number of ether oxygens (including phenoxy) is 1. The van der Waals surface area contributed by atoms with Crippen molar-refractivity contribution in [2.24, 2.45) is 5.73 Å². The van der Waals surface area contributed by atoms with Gasteiger partial charge in [-0.3, -0.25) is 0 Å². The first-order valence-corrected chi connectivity index (χ1v) is 6.52. The molecule has 0 radical (unpaired) electrons. The highest BCUT2D eigenvalue weighted by Gasteiger charge is 2.16. The molecule has 0 amide bonds. The molecule has 3 atom stereocenters. The Morgan fingerprint density at radius 1 is 1.41 bits per heavy atom. The third kappa shape index (κ3) is 3.98. The Morgan fingerprint density at radius 3 is 2.53 bits per heavy atom. The minimum absolute atomic E-state index is 0.195. The molecule has 0 fully saturated rings. The summed E-state index contributed by atoms with van der Waals surface area (Å²) in [6.07, 6.45) is 0.196. The second-order valence-electron chi connectivity index (χ2n) is 4.46. The van der Waals surface area contributed by atoms with Gasteiger partial charge in [0, 0.05) is 6.04 Å². The quantitative estimate of drug-likeness (QED) is 0.879. The van der Waals surface area contributed by atoms with Gasteiger partial charge in [0.15, 0.2) is 0 Å². The van der Waals surface area contributed by atoms with Gasteiger partial charge in [0.1, 0.15) is 5.75 Å². The second kappa shape index (κ2) is 6.38. The molecule has 0 aliphatic carbocycles. The van der Waals surface area contributed by atoms with Crippen molar-refractivity contribution >= 4 is 15.9 Å². The molecule has 0 aliphatic heterocycles. The lowest BCUT2D eigenvalue weighted by molar-refractivity contribution is 0.134. The third-order valence-electron chi connectivity index (χ3n) is 2.95. The number of benzene rings is 1. The van der Waals surface area contributed by atoms with Crippen LogP contribution in [-0.2, 0) is 0 Å². The number of rotatable bonds is 5. The first-order chi connectivity index (χ1) is 7.95. The van der Waals surface area contributed by atoms with E-state index in [1.807, 2.05) is 25.1 Å². The van der Waals surface area contributed by atoms with Crippen molar-refractivity contribution in [3.8, 4) is 5.75 Å². The molecule has 0 aromatic heterocycles. The summed E-state index contributed by atoms with van der Waals surface area (Å²) in [5, 5.41) is 9.77. The molecule has 1 aromatic carbocycles. The van der Waals surface area contributed by atoms with Gasteiger partial charge < -0.3 is 15.6 Å². The predicted octanol–water partition coefficient (Wildman–Crippen LogP) is 2.66. The number of hydrogen-bond donors (Lipinski definition) is 2. The van der Waals surface area contributed by atoms with E-state index in [2.05, 4.69) is 22.9 Å². The summed E-state index contributed by atoms with van der Waals surface area (Å²) in [7, 11) is 1.64. The molecular formula is C13H20BrNO2. The molecule has 0 saturated carbocycles. The van der Waals surface area contributed by atoms with Crippen LogP contribution in [0.5, 0.6) is 5.75 Å². The van der Waals surface area contributed by atoms with E-state index >= 15 is 0 Å². The zero-order valence-corrected chi connectivity index (χ0v) is 12.1. The number of halogens is 1. The zero-order valence-electron chi connectivity index (χ0n) is 10.5. The molecule has 4 heteroatoms. The van der Waals surface area contributed by atoms with Gasteiger partial charge in [-0.2, -0.15) is 0 Å². The van der Waals surface area contributed by atoms with Gasteiger partial charge in [0.25, 0.3) is 0 Å². The molecule has 17 heavy (non-hydrogen) atoms. The summed E-state index contributed by atoms with van der Waals surface area (Å²) in [6.45, 7) is 3.90. The number of aliphatic hydroxyl groups is 1. The van der Waals surface area contributed by atoms with Crippen LogP contribution >= 0.6 is 15.9 Å². The first-order valence-electron chi connectivity index (χ1n) is 5.72. The van der Waals surface area contributed by atoms with E-state index < -0.39 is 6.10 Å². The number of hydrogen-bond acceptors (Lipinski definition) is 3. The van der Waals surface area contributed by atoms with Gasteiger partial charge >= 0.3 is 0 Å². The van der Waals surface area contributed by atoms with E-state index in [1.165, 1.54) is 0 Å². The Balaban J connectivity index is 2.76. The van der Waals surface area contributed by atoms with Crippen molar-refractivity contribution in [1.82, 2.24) is 0 Å². The van der Waals surface area contributed by atoms with E-state index in [-0.39, 0.29) is 12.0 Å². The lowest BCUT2D eigenvalue weighted by atomic mass is 9.93. The van der Waals surface area contributed by atoms with Gasteiger partial charge in [-0.05, 0) is 52.9 Å². The SMILES string of the molecule is COc1ccc(C(C)CC(O)C(C)N)cc1Br. The number of methoxy groups -OCH3 is 1. The Labute approximate surface area is 111 Å². The third-order valence-corrected chi connectivity index (χ3v) is 3.57. The maximum atomic E-state index is 9.77. The molecular weight excluding hydrogens is 282 g/mol. The fraction of sp³-hybridized carbons (Fsp3) is 0.538. The van der Waals surface area contributed by atoms with E-state index in [9.17, 15) is 5.11 Å². The summed E-state index contributed by atoms with van der Waals surface area (Å²) in [6, 6.07) is 5.77. The van der Waals surface area contributed by atoms with Crippen LogP contribution in [0.25, 0.3) is 0 Å². The zero-order chi connectivity index (χ0) is 13.0. The summed E-state index contributed by atoms with van der Waals surface area (Å²) >= 11 is 3.46. The Hall–Kier alpha value is -0.580. The van der Waals surface area contributed by atoms with E-state index in [1.54, 1.807) is 7.11 Å². The average molecular weight is 302 g/mol. The van der Waals surface area contributed by atoms with Crippen molar-refractivity contribution < 1.29 is 9.84 Å². The van der Waals surface area contributed by atoms with Crippen LogP contribution in [0, 0.1) is 0 Å². The minimum Gasteiger partial charge on any atom is -0.496 e.